The Bertz CT molecular complexity index is 667. The van der Waals surface area contributed by atoms with Crippen molar-refractivity contribution in [3.63, 3.8) is 0 Å². The fourth-order valence-electron chi connectivity index (χ4n) is 3.66. The second kappa shape index (κ2) is 7.05. The van der Waals surface area contributed by atoms with Gasteiger partial charge in [-0.05, 0) is 42.1 Å². The Hall–Kier alpha value is -2.00. The van der Waals surface area contributed by atoms with E-state index in [9.17, 15) is 0 Å². The van der Waals surface area contributed by atoms with Crippen LogP contribution >= 0.6 is 0 Å². The Labute approximate surface area is 138 Å². The summed E-state index contributed by atoms with van der Waals surface area (Å²) in [6.07, 6.45) is 1.98. The molecule has 0 aliphatic carbocycles. The Kier molecular flexibility index (Phi) is 4.87. The Balaban J connectivity index is 2.21. The number of methoxy groups -OCH3 is 2. The van der Waals surface area contributed by atoms with E-state index in [0.717, 1.165) is 37.4 Å². The molecule has 2 aromatic rings. The third kappa shape index (κ3) is 2.93. The number of rotatable bonds is 4. The van der Waals surface area contributed by atoms with Gasteiger partial charge in [-0.15, -0.1) is 0 Å². The number of hydrogen-bond acceptors (Lipinski definition) is 3. The second-order valence-electron chi connectivity index (χ2n) is 5.93. The van der Waals surface area contributed by atoms with Gasteiger partial charge in [0.1, 0.15) is 0 Å². The van der Waals surface area contributed by atoms with Crippen molar-refractivity contribution in [2.24, 2.45) is 0 Å². The summed E-state index contributed by atoms with van der Waals surface area (Å²) in [5, 5.41) is 3.59. The molecule has 0 saturated carbocycles. The maximum atomic E-state index is 5.66. The molecule has 1 heterocycles. The van der Waals surface area contributed by atoms with Crippen LogP contribution in [0.3, 0.4) is 0 Å². The van der Waals surface area contributed by atoms with E-state index in [1.807, 2.05) is 0 Å². The Morgan fingerprint density at radius 1 is 1.13 bits per heavy atom. The van der Waals surface area contributed by atoms with Gasteiger partial charge in [0, 0.05) is 18.0 Å². The van der Waals surface area contributed by atoms with Gasteiger partial charge in [-0.2, -0.15) is 0 Å². The fraction of sp³-hybridized carbons (Fsp3) is 0.400. The maximum Gasteiger partial charge on any atom is 0.164 e. The highest BCUT2D eigenvalue weighted by molar-refractivity contribution is 5.57. The van der Waals surface area contributed by atoms with E-state index < -0.39 is 0 Å². The molecule has 1 unspecified atom stereocenters. The molecule has 0 aromatic heterocycles. The van der Waals surface area contributed by atoms with Crippen molar-refractivity contribution in [1.29, 1.82) is 0 Å². The first-order chi connectivity index (χ1) is 11.3. The van der Waals surface area contributed by atoms with Crippen molar-refractivity contribution in [3.8, 4) is 11.5 Å². The predicted octanol–water partition coefficient (Wildman–Crippen LogP) is 3.54. The molecular formula is C20H25NO2. The normalized spacial score (nSPS) is 17.3. The molecule has 2 aromatic carbocycles. The SMILES string of the molecule is CCc1c2c(cc(OC)c1OC)C(c1ccccc1)CNCC2. The lowest BCUT2D eigenvalue weighted by Crippen LogP contribution is -2.20. The first kappa shape index (κ1) is 15.9. The van der Waals surface area contributed by atoms with Gasteiger partial charge in [0.05, 0.1) is 14.2 Å². The molecule has 3 heteroatoms. The van der Waals surface area contributed by atoms with Crippen LogP contribution < -0.4 is 14.8 Å². The summed E-state index contributed by atoms with van der Waals surface area (Å²) in [6, 6.07) is 12.9. The van der Waals surface area contributed by atoms with Crippen molar-refractivity contribution < 1.29 is 9.47 Å². The molecule has 0 radical (unpaired) electrons. The van der Waals surface area contributed by atoms with Crippen molar-refractivity contribution in [2.45, 2.75) is 25.7 Å². The summed E-state index contributed by atoms with van der Waals surface area (Å²) < 4.78 is 11.3. The Morgan fingerprint density at radius 2 is 1.91 bits per heavy atom. The van der Waals surface area contributed by atoms with E-state index in [-0.39, 0.29) is 0 Å². The highest BCUT2D eigenvalue weighted by Gasteiger charge is 2.26. The second-order valence-corrected chi connectivity index (χ2v) is 5.93. The van der Waals surface area contributed by atoms with Crippen LogP contribution in [-0.4, -0.2) is 27.3 Å². The minimum atomic E-state index is 0.346. The van der Waals surface area contributed by atoms with Crippen LogP contribution in [-0.2, 0) is 12.8 Å². The number of nitrogens with one attached hydrogen (secondary N) is 1. The summed E-state index contributed by atoms with van der Waals surface area (Å²) >= 11 is 0. The first-order valence-electron chi connectivity index (χ1n) is 8.32. The van der Waals surface area contributed by atoms with Gasteiger partial charge in [-0.1, -0.05) is 37.3 Å². The van der Waals surface area contributed by atoms with E-state index in [1.165, 1.54) is 22.3 Å². The molecule has 1 aliphatic heterocycles. The molecule has 0 spiro atoms. The van der Waals surface area contributed by atoms with Gasteiger partial charge in [0.2, 0.25) is 0 Å². The lowest BCUT2D eigenvalue weighted by Gasteiger charge is -2.23. The van der Waals surface area contributed by atoms with Crippen molar-refractivity contribution in [3.05, 3.63) is 58.7 Å². The van der Waals surface area contributed by atoms with E-state index in [0.29, 0.717) is 5.92 Å². The Morgan fingerprint density at radius 3 is 2.57 bits per heavy atom. The monoisotopic (exact) mass is 311 g/mol. The molecule has 0 amide bonds. The molecule has 3 nitrogen and oxygen atoms in total. The summed E-state index contributed by atoms with van der Waals surface area (Å²) in [7, 11) is 3.45. The van der Waals surface area contributed by atoms with Gasteiger partial charge in [0.25, 0.3) is 0 Å². The number of fused-ring (bicyclic) bond motifs is 1. The molecule has 122 valence electrons. The summed E-state index contributed by atoms with van der Waals surface area (Å²) in [5.74, 6) is 2.08. The summed E-state index contributed by atoms with van der Waals surface area (Å²) in [5.41, 5.74) is 5.42. The molecule has 1 aliphatic rings. The zero-order valence-corrected chi connectivity index (χ0v) is 14.2. The molecule has 1 atom stereocenters. The van der Waals surface area contributed by atoms with Crippen molar-refractivity contribution in [2.75, 3.05) is 27.3 Å². The van der Waals surface area contributed by atoms with Crippen LogP contribution in [0.25, 0.3) is 0 Å². The lowest BCUT2D eigenvalue weighted by molar-refractivity contribution is 0.351. The van der Waals surface area contributed by atoms with Crippen molar-refractivity contribution in [1.82, 2.24) is 5.32 Å². The molecule has 1 N–H and O–H groups in total. The van der Waals surface area contributed by atoms with E-state index >= 15 is 0 Å². The maximum absolute atomic E-state index is 5.66. The quantitative estimate of drug-likeness (QED) is 0.937. The largest absolute Gasteiger partial charge is 0.493 e. The average Bonchev–Trinajstić information content (AvgIpc) is 2.82. The smallest absolute Gasteiger partial charge is 0.164 e. The molecular weight excluding hydrogens is 286 g/mol. The zero-order chi connectivity index (χ0) is 16.2. The molecule has 0 bridgehead atoms. The van der Waals surface area contributed by atoms with Crippen LogP contribution in [0.5, 0.6) is 11.5 Å². The van der Waals surface area contributed by atoms with Gasteiger partial charge in [-0.3, -0.25) is 0 Å². The van der Waals surface area contributed by atoms with Crippen LogP contribution in [0.2, 0.25) is 0 Å². The number of hydrogen-bond donors (Lipinski definition) is 1. The van der Waals surface area contributed by atoms with E-state index in [4.69, 9.17) is 9.47 Å². The van der Waals surface area contributed by atoms with E-state index in [1.54, 1.807) is 14.2 Å². The van der Waals surface area contributed by atoms with E-state index in [2.05, 4.69) is 48.6 Å². The molecule has 0 fully saturated rings. The predicted molar refractivity (Wildman–Crippen MR) is 93.8 cm³/mol. The van der Waals surface area contributed by atoms with Crippen LogP contribution in [0, 0.1) is 0 Å². The highest BCUT2D eigenvalue weighted by atomic mass is 16.5. The zero-order valence-electron chi connectivity index (χ0n) is 14.2. The minimum Gasteiger partial charge on any atom is -0.493 e. The lowest BCUT2D eigenvalue weighted by atomic mass is 9.85. The third-order valence-corrected chi connectivity index (χ3v) is 4.75. The number of benzene rings is 2. The van der Waals surface area contributed by atoms with Crippen molar-refractivity contribution >= 4 is 0 Å². The highest BCUT2D eigenvalue weighted by Crippen LogP contribution is 2.41. The van der Waals surface area contributed by atoms with Gasteiger partial charge in [-0.25, -0.2) is 0 Å². The third-order valence-electron chi connectivity index (χ3n) is 4.75. The van der Waals surface area contributed by atoms with Crippen LogP contribution in [0.1, 0.15) is 35.1 Å². The molecule has 0 saturated heterocycles. The van der Waals surface area contributed by atoms with Gasteiger partial charge < -0.3 is 14.8 Å². The average molecular weight is 311 g/mol. The van der Waals surface area contributed by atoms with Crippen LogP contribution in [0.4, 0.5) is 0 Å². The topological polar surface area (TPSA) is 30.5 Å². The molecule has 23 heavy (non-hydrogen) atoms. The minimum absolute atomic E-state index is 0.346. The first-order valence-corrected chi connectivity index (χ1v) is 8.32. The summed E-state index contributed by atoms with van der Waals surface area (Å²) in [6.45, 7) is 4.14. The fourth-order valence-corrected chi connectivity index (χ4v) is 3.66. The summed E-state index contributed by atoms with van der Waals surface area (Å²) in [4.78, 5) is 0. The van der Waals surface area contributed by atoms with Crippen LogP contribution in [0.15, 0.2) is 36.4 Å². The number of ether oxygens (including phenoxy) is 2. The van der Waals surface area contributed by atoms with Gasteiger partial charge in [0.15, 0.2) is 11.5 Å². The standard InChI is InChI=1S/C20H25NO2/c1-4-15-16-10-11-21-13-18(14-8-6-5-7-9-14)17(16)12-19(22-2)20(15)23-3/h5-9,12,18,21H,4,10-11,13H2,1-3H3. The van der Waals surface area contributed by atoms with Gasteiger partial charge >= 0.3 is 0 Å². The molecule has 3 rings (SSSR count).